The van der Waals surface area contributed by atoms with Gasteiger partial charge in [0.25, 0.3) is 0 Å². The van der Waals surface area contributed by atoms with Crippen molar-refractivity contribution in [3.63, 3.8) is 0 Å². The van der Waals surface area contributed by atoms with Crippen LogP contribution in [0.4, 0.5) is 5.69 Å². The van der Waals surface area contributed by atoms with Gasteiger partial charge in [-0.3, -0.25) is 9.78 Å². The average Bonchev–Trinajstić information content (AvgIpc) is 3.31. The molecular formula is C32H44N4O2. The summed E-state index contributed by atoms with van der Waals surface area (Å²) < 4.78 is 7.88. The van der Waals surface area contributed by atoms with Crippen LogP contribution in [0.3, 0.4) is 0 Å². The van der Waals surface area contributed by atoms with Crippen LogP contribution in [0, 0.1) is 5.41 Å². The number of aromatic nitrogens is 2. The minimum absolute atomic E-state index is 0.231. The smallest absolute Gasteiger partial charge is 0.242 e. The molecule has 0 aliphatic carbocycles. The number of fused-ring (bicyclic) bond motifs is 1. The van der Waals surface area contributed by atoms with Crippen molar-refractivity contribution in [2.45, 2.75) is 78.2 Å². The van der Waals surface area contributed by atoms with E-state index in [1.807, 2.05) is 18.5 Å². The zero-order valence-electron chi connectivity index (χ0n) is 23.9. The first-order valence-corrected chi connectivity index (χ1v) is 14.5. The van der Waals surface area contributed by atoms with Crippen LogP contribution >= 0.6 is 0 Å². The standard InChI is InChI=1S/C32H44N4O2/c1-6-24(4)26-8-7-25(19-30(26)38-5)34-15-10-32(11-16-34)12-17-35(18-13-32)31(37)22-36-21-28(23(2)3)27-20-33-14-9-29(27)36/h7-9,14,19-21,23-24H,6,10-13,15-18,22H2,1-5H3. The molecule has 6 nitrogen and oxygen atoms in total. The molecule has 0 bridgehead atoms. The van der Waals surface area contributed by atoms with Crippen molar-refractivity contribution in [2.75, 3.05) is 38.2 Å². The maximum Gasteiger partial charge on any atom is 0.242 e. The minimum Gasteiger partial charge on any atom is -0.496 e. The van der Waals surface area contributed by atoms with Crippen molar-refractivity contribution in [2.24, 2.45) is 5.41 Å². The summed E-state index contributed by atoms with van der Waals surface area (Å²) in [6, 6.07) is 8.79. The molecule has 0 saturated carbocycles. The lowest BCUT2D eigenvalue weighted by atomic mass is 9.71. The normalized spacial score (nSPS) is 18.4. The van der Waals surface area contributed by atoms with Crippen LogP contribution in [-0.4, -0.2) is 53.6 Å². The summed E-state index contributed by atoms with van der Waals surface area (Å²) in [7, 11) is 1.78. The third kappa shape index (κ3) is 5.14. The van der Waals surface area contributed by atoms with Crippen LogP contribution < -0.4 is 9.64 Å². The van der Waals surface area contributed by atoms with Crippen molar-refractivity contribution >= 4 is 22.5 Å². The largest absolute Gasteiger partial charge is 0.496 e. The number of benzene rings is 1. The van der Waals surface area contributed by atoms with Gasteiger partial charge in [-0.2, -0.15) is 0 Å². The van der Waals surface area contributed by atoms with Gasteiger partial charge in [-0.15, -0.1) is 0 Å². The summed E-state index contributed by atoms with van der Waals surface area (Å²) in [6.07, 6.45) is 11.6. The number of anilines is 1. The van der Waals surface area contributed by atoms with Crippen LogP contribution in [0.15, 0.2) is 42.9 Å². The monoisotopic (exact) mass is 516 g/mol. The molecule has 3 aromatic rings. The molecule has 2 saturated heterocycles. The summed E-state index contributed by atoms with van der Waals surface area (Å²) in [5, 5.41) is 1.16. The Labute approximate surface area is 228 Å². The third-order valence-electron chi connectivity index (χ3n) is 9.37. The first-order valence-electron chi connectivity index (χ1n) is 14.5. The van der Waals surface area contributed by atoms with Crippen molar-refractivity contribution < 1.29 is 9.53 Å². The first kappa shape index (κ1) is 26.6. The molecule has 1 amide bonds. The van der Waals surface area contributed by atoms with Crippen molar-refractivity contribution in [3.05, 3.63) is 54.0 Å². The Balaban J connectivity index is 1.18. The Bertz CT molecular complexity index is 1260. The highest BCUT2D eigenvalue weighted by Crippen LogP contribution is 2.43. The maximum atomic E-state index is 13.3. The van der Waals surface area contributed by atoms with Crippen molar-refractivity contribution in [3.8, 4) is 5.75 Å². The fourth-order valence-electron chi connectivity index (χ4n) is 6.50. The maximum absolute atomic E-state index is 13.3. The van der Waals surface area contributed by atoms with Gasteiger partial charge in [-0.1, -0.05) is 33.8 Å². The lowest BCUT2D eigenvalue weighted by Crippen LogP contribution is -2.48. The summed E-state index contributed by atoms with van der Waals surface area (Å²) in [5.74, 6) is 2.14. The zero-order valence-corrected chi connectivity index (χ0v) is 23.9. The van der Waals surface area contributed by atoms with Gasteiger partial charge in [0.05, 0.1) is 12.6 Å². The number of methoxy groups -OCH3 is 1. The molecule has 2 aromatic heterocycles. The minimum atomic E-state index is 0.231. The Kier molecular flexibility index (Phi) is 7.69. The number of hydrogen-bond donors (Lipinski definition) is 0. The SMILES string of the molecule is CCC(C)c1ccc(N2CCC3(CCN(C(=O)Cn4cc(C(C)C)c5cnccc54)CC3)CC2)cc1OC. The van der Waals surface area contributed by atoms with Gasteiger partial charge in [0.1, 0.15) is 12.3 Å². The Morgan fingerprint density at radius 2 is 1.74 bits per heavy atom. The van der Waals surface area contributed by atoms with Crippen LogP contribution in [-0.2, 0) is 11.3 Å². The Morgan fingerprint density at radius 3 is 2.39 bits per heavy atom. The molecule has 1 unspecified atom stereocenters. The van der Waals surface area contributed by atoms with E-state index < -0.39 is 0 Å². The van der Waals surface area contributed by atoms with E-state index in [9.17, 15) is 4.79 Å². The number of ether oxygens (including phenoxy) is 1. The van der Waals surface area contributed by atoms with Gasteiger partial charge in [0.15, 0.2) is 0 Å². The van der Waals surface area contributed by atoms with Gasteiger partial charge < -0.3 is 19.1 Å². The van der Waals surface area contributed by atoms with Crippen LogP contribution in [0.5, 0.6) is 5.75 Å². The van der Waals surface area contributed by atoms with Gasteiger partial charge in [0, 0.05) is 61.9 Å². The van der Waals surface area contributed by atoms with Gasteiger partial charge in [-0.25, -0.2) is 0 Å². The highest BCUT2D eigenvalue weighted by Gasteiger charge is 2.38. The number of hydrogen-bond acceptors (Lipinski definition) is 4. The summed E-state index contributed by atoms with van der Waals surface area (Å²) >= 11 is 0. The van der Waals surface area contributed by atoms with E-state index in [1.165, 1.54) is 29.7 Å². The predicted octanol–water partition coefficient (Wildman–Crippen LogP) is 6.59. The Hall–Kier alpha value is -3.02. The third-order valence-corrected chi connectivity index (χ3v) is 9.37. The predicted molar refractivity (Wildman–Crippen MR) is 155 cm³/mol. The number of piperidine rings is 2. The molecule has 5 rings (SSSR count). The highest BCUT2D eigenvalue weighted by atomic mass is 16.5. The molecular weight excluding hydrogens is 472 g/mol. The molecule has 0 radical (unpaired) electrons. The van der Waals surface area contributed by atoms with E-state index in [1.54, 1.807) is 7.11 Å². The van der Waals surface area contributed by atoms with Crippen molar-refractivity contribution in [1.29, 1.82) is 0 Å². The molecule has 0 N–H and O–H groups in total. The number of carbonyl (C=O) groups is 1. The van der Waals surface area contributed by atoms with Gasteiger partial charge >= 0.3 is 0 Å². The Morgan fingerprint density at radius 1 is 1.03 bits per heavy atom. The zero-order chi connectivity index (χ0) is 26.9. The second kappa shape index (κ2) is 11.0. The summed E-state index contributed by atoms with van der Waals surface area (Å²) in [4.78, 5) is 22.3. The second-order valence-corrected chi connectivity index (χ2v) is 11.9. The highest BCUT2D eigenvalue weighted by molar-refractivity contribution is 5.86. The topological polar surface area (TPSA) is 50.6 Å². The molecule has 2 fully saturated rings. The number of likely N-dealkylation sites (tertiary alicyclic amines) is 1. The molecule has 1 atom stereocenters. The fourth-order valence-corrected chi connectivity index (χ4v) is 6.50. The molecule has 1 aromatic carbocycles. The molecule has 4 heterocycles. The van der Waals surface area contributed by atoms with E-state index in [0.29, 0.717) is 23.8 Å². The number of carbonyl (C=O) groups excluding carboxylic acids is 1. The number of amides is 1. The number of pyridine rings is 1. The number of nitrogens with zero attached hydrogens (tertiary/aromatic N) is 4. The lowest BCUT2D eigenvalue weighted by Gasteiger charge is -2.47. The first-order chi connectivity index (χ1) is 18.3. The van der Waals surface area contributed by atoms with Crippen LogP contribution in [0.1, 0.15) is 82.8 Å². The van der Waals surface area contributed by atoms with Crippen LogP contribution in [0.25, 0.3) is 10.9 Å². The average molecular weight is 517 g/mol. The van der Waals surface area contributed by atoms with E-state index >= 15 is 0 Å². The second-order valence-electron chi connectivity index (χ2n) is 11.9. The molecule has 6 heteroatoms. The lowest BCUT2D eigenvalue weighted by molar-refractivity contribution is -0.134. The van der Waals surface area contributed by atoms with E-state index in [2.05, 4.69) is 71.4 Å². The summed E-state index contributed by atoms with van der Waals surface area (Å²) in [5.41, 5.74) is 5.30. The van der Waals surface area contributed by atoms with E-state index in [-0.39, 0.29) is 5.91 Å². The van der Waals surface area contributed by atoms with Crippen LogP contribution in [0.2, 0.25) is 0 Å². The molecule has 38 heavy (non-hydrogen) atoms. The molecule has 204 valence electrons. The van der Waals surface area contributed by atoms with Crippen molar-refractivity contribution in [1.82, 2.24) is 14.5 Å². The van der Waals surface area contributed by atoms with Gasteiger partial charge in [0.2, 0.25) is 5.91 Å². The van der Waals surface area contributed by atoms with Gasteiger partial charge in [-0.05, 0) is 72.6 Å². The molecule has 2 aliphatic heterocycles. The molecule has 1 spiro atoms. The quantitative estimate of drug-likeness (QED) is 0.355. The fraction of sp³-hybridized carbons (Fsp3) is 0.562. The van der Waals surface area contributed by atoms with E-state index in [4.69, 9.17) is 4.74 Å². The molecule has 2 aliphatic rings. The number of rotatable bonds is 7. The van der Waals surface area contributed by atoms with E-state index in [0.717, 1.165) is 62.1 Å². The summed E-state index contributed by atoms with van der Waals surface area (Å²) in [6.45, 7) is 13.2.